The molecule has 8 nitrogen and oxygen atoms in total. The van der Waals surface area contributed by atoms with Crippen LogP contribution in [0.3, 0.4) is 0 Å². The number of nitrogens with zero attached hydrogens (tertiary/aromatic N) is 8. The van der Waals surface area contributed by atoms with Crippen LogP contribution >= 0.6 is 22.7 Å². The summed E-state index contributed by atoms with van der Waals surface area (Å²) in [5.41, 5.74) is 5.83. The molecule has 0 unspecified atom stereocenters. The number of hydrogen-bond acceptors (Lipinski definition) is 8. The van der Waals surface area contributed by atoms with Crippen molar-refractivity contribution in [1.29, 1.82) is 0 Å². The molecule has 0 saturated heterocycles. The third kappa shape index (κ3) is 10.2. The molecule has 12 heteroatoms. The topological polar surface area (TPSA) is 86.2 Å². The van der Waals surface area contributed by atoms with Gasteiger partial charge in [-0.15, -0.1) is 71.8 Å². The van der Waals surface area contributed by atoms with E-state index in [0.29, 0.717) is 0 Å². The first kappa shape index (κ1) is 42.2. The fourth-order valence-electron chi connectivity index (χ4n) is 5.56. The van der Waals surface area contributed by atoms with Crippen LogP contribution in [0.15, 0.2) is 144 Å². The molecule has 0 saturated carbocycles. The Labute approximate surface area is 363 Å². The van der Waals surface area contributed by atoms with Gasteiger partial charge in [0.05, 0.1) is 0 Å². The molecule has 0 aliphatic heterocycles. The maximum atomic E-state index is 4.53. The fourth-order valence-corrected chi connectivity index (χ4v) is 6.81. The van der Waals surface area contributed by atoms with E-state index in [1.54, 1.807) is 35.1 Å². The van der Waals surface area contributed by atoms with Crippen molar-refractivity contribution in [2.75, 3.05) is 38.0 Å². The van der Waals surface area contributed by atoms with Crippen LogP contribution in [0.1, 0.15) is 0 Å². The molecule has 6 aromatic heterocycles. The summed E-state index contributed by atoms with van der Waals surface area (Å²) < 4.78 is 0. The Morgan fingerprint density at radius 2 is 0.893 bits per heavy atom. The van der Waals surface area contributed by atoms with Crippen molar-refractivity contribution < 1.29 is 42.1 Å². The third-order valence-corrected chi connectivity index (χ3v) is 9.83. The van der Waals surface area contributed by atoms with Crippen molar-refractivity contribution in [1.82, 2.24) is 29.9 Å². The van der Waals surface area contributed by atoms with Crippen LogP contribution in [0.25, 0.3) is 65.0 Å². The Balaban J connectivity index is 0.000000143. The van der Waals surface area contributed by atoms with Gasteiger partial charge >= 0.3 is 42.1 Å². The molecule has 284 valence electrons. The molecule has 0 bridgehead atoms. The van der Waals surface area contributed by atoms with Crippen molar-refractivity contribution in [3.8, 4) is 21.1 Å². The standard InChI is InChI=1S/2C13H12N3.2C9H6NS.2Pt/c2*1-16(2)12-8-7-10-9-5-3-4-6-11(9)14-13(10)15-12;2*1-2-4-8(5-3-1)9-10-6-7-11-9;;/h2*3-8H,1-2H3;2*1-4,6-7H;;/q4*-1;2*+2. The number of para-hydroxylation sites is 2. The van der Waals surface area contributed by atoms with Crippen LogP contribution in [0, 0.1) is 12.1 Å². The quantitative estimate of drug-likeness (QED) is 0.161. The smallest absolute Gasteiger partial charge is 0.435 e. The summed E-state index contributed by atoms with van der Waals surface area (Å²) >= 11 is 3.27. The zero-order chi connectivity index (χ0) is 37.3. The van der Waals surface area contributed by atoms with Gasteiger partial charge in [-0.3, -0.25) is 9.97 Å². The molecule has 4 aromatic carbocycles. The summed E-state index contributed by atoms with van der Waals surface area (Å²) in [6.45, 7) is 0. The predicted molar refractivity (Wildman–Crippen MR) is 227 cm³/mol. The molecule has 0 spiro atoms. The molecule has 0 aliphatic carbocycles. The molecule has 0 aliphatic rings. The second kappa shape index (κ2) is 20.3. The Morgan fingerprint density at radius 1 is 0.482 bits per heavy atom. The maximum absolute atomic E-state index is 4.53. The SMILES string of the molecule is CN(C)c1ccc2c(n1)[n-]c1ccccc12.CN(C)c1ccc2c(n1)[n-]c1ccccc12.[Pt+2].[Pt+2].[c-]1ccccc1-c1nccs1.[c-]1ccccc1-c1nccs1. The molecular formula is C44H36N8Pt2S2. The minimum Gasteiger partial charge on any atom is -0.435 e. The van der Waals surface area contributed by atoms with E-state index in [-0.39, 0.29) is 42.1 Å². The summed E-state index contributed by atoms with van der Waals surface area (Å²) in [5.74, 6) is 1.88. The molecule has 10 rings (SSSR count). The zero-order valence-corrected chi connectivity index (χ0v) is 37.1. The van der Waals surface area contributed by atoms with E-state index in [0.717, 1.165) is 65.9 Å². The van der Waals surface area contributed by atoms with E-state index in [1.165, 1.54) is 10.8 Å². The Bertz CT molecular complexity index is 2490. The average molecular weight is 1130 g/mol. The fraction of sp³-hybridized carbons (Fsp3) is 0.0909. The van der Waals surface area contributed by atoms with Crippen LogP contribution in [-0.4, -0.2) is 48.1 Å². The Hall–Kier alpha value is -4.98. The number of benzene rings is 4. The van der Waals surface area contributed by atoms with Gasteiger partial charge in [0.15, 0.2) is 0 Å². The number of rotatable bonds is 4. The van der Waals surface area contributed by atoms with E-state index >= 15 is 0 Å². The van der Waals surface area contributed by atoms with Gasteiger partial charge < -0.3 is 29.7 Å². The van der Waals surface area contributed by atoms with Crippen molar-refractivity contribution in [2.24, 2.45) is 0 Å². The molecule has 0 fully saturated rings. The van der Waals surface area contributed by atoms with Crippen molar-refractivity contribution >= 4 is 78.2 Å². The van der Waals surface area contributed by atoms with E-state index < -0.39 is 0 Å². The zero-order valence-electron chi connectivity index (χ0n) is 30.9. The van der Waals surface area contributed by atoms with E-state index in [1.807, 2.05) is 146 Å². The molecule has 0 atom stereocenters. The van der Waals surface area contributed by atoms with Crippen LogP contribution in [-0.2, 0) is 42.1 Å². The van der Waals surface area contributed by atoms with Gasteiger partial charge in [0.25, 0.3) is 0 Å². The van der Waals surface area contributed by atoms with Crippen LogP contribution in [0.2, 0.25) is 0 Å². The number of anilines is 2. The molecule has 6 heterocycles. The van der Waals surface area contributed by atoms with Crippen molar-refractivity contribution in [3.63, 3.8) is 0 Å². The minimum absolute atomic E-state index is 0. The van der Waals surface area contributed by atoms with E-state index in [4.69, 9.17) is 0 Å². The first-order valence-electron chi connectivity index (χ1n) is 17.2. The van der Waals surface area contributed by atoms with Gasteiger partial charge in [0, 0.05) is 73.0 Å². The second-order valence-corrected chi connectivity index (χ2v) is 14.1. The largest absolute Gasteiger partial charge is 2.00 e. The minimum atomic E-state index is 0. The van der Waals surface area contributed by atoms with Gasteiger partial charge in [-0.2, -0.15) is 22.7 Å². The van der Waals surface area contributed by atoms with Gasteiger partial charge in [-0.25, -0.2) is 0 Å². The predicted octanol–water partition coefficient (Wildman–Crippen LogP) is 10.0. The normalized spacial score (nSPS) is 10.2. The monoisotopic (exact) mass is 1130 g/mol. The van der Waals surface area contributed by atoms with E-state index in [2.05, 4.69) is 66.3 Å². The summed E-state index contributed by atoms with van der Waals surface area (Å²) in [4.78, 5) is 30.4. The Kier molecular flexibility index (Phi) is 15.3. The number of hydrogen-bond donors (Lipinski definition) is 0. The molecule has 56 heavy (non-hydrogen) atoms. The van der Waals surface area contributed by atoms with Crippen molar-refractivity contribution in [3.05, 3.63) is 157 Å². The average Bonchev–Trinajstić information content (AvgIpc) is 4.05. The summed E-state index contributed by atoms with van der Waals surface area (Å²) in [7, 11) is 7.93. The molecule has 0 radical (unpaired) electrons. The van der Waals surface area contributed by atoms with Gasteiger partial charge in [0.2, 0.25) is 0 Å². The number of fused-ring (bicyclic) bond motifs is 6. The van der Waals surface area contributed by atoms with Crippen molar-refractivity contribution in [2.45, 2.75) is 0 Å². The Morgan fingerprint density at radius 3 is 1.25 bits per heavy atom. The van der Waals surface area contributed by atoms with Crippen LogP contribution < -0.4 is 19.8 Å². The molecular weight excluding hydrogens is 1090 g/mol. The number of thiazole rings is 2. The number of pyridine rings is 2. The van der Waals surface area contributed by atoms with E-state index in [9.17, 15) is 0 Å². The molecule has 0 amide bonds. The van der Waals surface area contributed by atoms with Gasteiger partial charge in [-0.1, -0.05) is 60.7 Å². The maximum Gasteiger partial charge on any atom is 2.00 e. The van der Waals surface area contributed by atoms with Gasteiger partial charge in [0.1, 0.15) is 0 Å². The number of aromatic nitrogens is 6. The van der Waals surface area contributed by atoms with Crippen LogP contribution in [0.4, 0.5) is 11.6 Å². The third-order valence-electron chi connectivity index (χ3n) is 8.22. The van der Waals surface area contributed by atoms with Gasteiger partial charge in [-0.05, 0) is 56.0 Å². The van der Waals surface area contributed by atoms with Crippen LogP contribution in [0.5, 0.6) is 0 Å². The summed E-state index contributed by atoms with van der Waals surface area (Å²) in [6.07, 6.45) is 3.61. The summed E-state index contributed by atoms with van der Waals surface area (Å²) in [5, 5.41) is 10.6. The second-order valence-electron chi connectivity index (χ2n) is 12.4. The first-order chi connectivity index (χ1) is 26.4. The first-order valence-corrected chi connectivity index (χ1v) is 18.9. The molecule has 10 aromatic rings. The molecule has 0 N–H and O–H groups in total. The summed E-state index contributed by atoms with van der Waals surface area (Å²) in [6, 6.07) is 46.5.